The second-order valence-corrected chi connectivity index (χ2v) is 1.80. The highest BCUT2D eigenvalue weighted by atomic mass is 16.1. The molecule has 0 radical (unpaired) electrons. The first kappa shape index (κ1) is 6.80. The fourth-order valence-corrected chi connectivity index (χ4v) is 0.645. The summed E-state index contributed by atoms with van der Waals surface area (Å²) in [4.78, 5) is 17.1. The van der Waals surface area contributed by atoms with Crippen LogP contribution in [0.25, 0.3) is 0 Å². The van der Waals surface area contributed by atoms with Crippen molar-refractivity contribution in [2.24, 2.45) is 0 Å². The zero-order chi connectivity index (χ0) is 7.40. The second kappa shape index (κ2) is 3.00. The van der Waals surface area contributed by atoms with E-state index < -0.39 is 0 Å². The van der Waals surface area contributed by atoms with E-state index in [9.17, 15) is 4.79 Å². The fraction of sp³-hybridized carbons (Fsp3) is 0.333. The number of nitrogens with one attached hydrogen (secondary N) is 2. The molecule has 0 unspecified atom stereocenters. The summed E-state index contributed by atoms with van der Waals surface area (Å²) in [6.45, 7) is 2.62. The largest absolute Gasteiger partial charge is 0.366 e. The number of aromatic nitrogens is 2. The van der Waals surface area contributed by atoms with E-state index in [0.29, 0.717) is 12.4 Å². The van der Waals surface area contributed by atoms with E-state index in [1.54, 1.807) is 6.20 Å². The first-order chi connectivity index (χ1) is 4.84. The number of H-pyrrole nitrogens is 1. The van der Waals surface area contributed by atoms with Crippen LogP contribution in [0.5, 0.6) is 0 Å². The van der Waals surface area contributed by atoms with Crippen LogP contribution in [0, 0.1) is 0 Å². The van der Waals surface area contributed by atoms with Gasteiger partial charge in [-0.25, -0.2) is 4.98 Å². The van der Waals surface area contributed by atoms with Gasteiger partial charge in [-0.2, -0.15) is 0 Å². The lowest BCUT2D eigenvalue weighted by Gasteiger charge is -1.96. The number of anilines is 1. The normalized spacial score (nSPS) is 9.30. The number of hydrogen-bond acceptors (Lipinski definition) is 3. The summed E-state index contributed by atoms with van der Waals surface area (Å²) in [7, 11) is 0. The Labute approximate surface area is 58.3 Å². The summed E-state index contributed by atoms with van der Waals surface area (Å²) in [6, 6.07) is 0. The molecule has 0 saturated heterocycles. The van der Waals surface area contributed by atoms with Crippen molar-refractivity contribution in [2.45, 2.75) is 6.92 Å². The Hall–Kier alpha value is -1.32. The van der Waals surface area contributed by atoms with Crippen molar-refractivity contribution in [3.05, 3.63) is 22.7 Å². The zero-order valence-corrected chi connectivity index (χ0v) is 5.72. The summed E-state index contributed by atoms with van der Waals surface area (Å²) in [5.74, 6) is 0.380. The summed E-state index contributed by atoms with van der Waals surface area (Å²) in [5, 5.41) is 2.82. The van der Waals surface area contributed by atoms with E-state index in [1.165, 1.54) is 6.20 Å². The minimum Gasteiger partial charge on any atom is -0.366 e. The molecule has 1 aromatic heterocycles. The molecule has 2 N–H and O–H groups in total. The SMILES string of the molecule is CCNc1ncc[nH]c1=O. The molecule has 0 atom stereocenters. The predicted octanol–water partition coefficient (Wildman–Crippen LogP) is 0.202. The smallest absolute Gasteiger partial charge is 0.290 e. The van der Waals surface area contributed by atoms with Gasteiger partial charge in [0.1, 0.15) is 0 Å². The molecule has 0 aromatic carbocycles. The molecule has 0 amide bonds. The van der Waals surface area contributed by atoms with Crippen molar-refractivity contribution in [3.8, 4) is 0 Å². The summed E-state index contributed by atoms with van der Waals surface area (Å²) < 4.78 is 0. The van der Waals surface area contributed by atoms with Crippen LogP contribution in [0.15, 0.2) is 17.2 Å². The molecule has 4 nitrogen and oxygen atoms in total. The Morgan fingerprint density at radius 3 is 3.20 bits per heavy atom. The lowest BCUT2D eigenvalue weighted by molar-refractivity contribution is 1.08. The molecule has 1 rings (SSSR count). The number of hydrogen-bond donors (Lipinski definition) is 2. The van der Waals surface area contributed by atoms with Crippen molar-refractivity contribution in [3.63, 3.8) is 0 Å². The average Bonchev–Trinajstić information content (AvgIpc) is 1.94. The monoisotopic (exact) mass is 139 g/mol. The average molecular weight is 139 g/mol. The van der Waals surface area contributed by atoms with Gasteiger partial charge >= 0.3 is 0 Å². The van der Waals surface area contributed by atoms with Crippen LogP contribution < -0.4 is 10.9 Å². The van der Waals surface area contributed by atoms with E-state index in [4.69, 9.17) is 0 Å². The van der Waals surface area contributed by atoms with Gasteiger partial charge in [-0.3, -0.25) is 4.79 Å². The van der Waals surface area contributed by atoms with Crippen molar-refractivity contribution < 1.29 is 0 Å². The molecular formula is C6H9N3O. The molecule has 1 aromatic rings. The van der Waals surface area contributed by atoms with Crippen LogP contribution in [0.2, 0.25) is 0 Å². The first-order valence-corrected chi connectivity index (χ1v) is 3.12. The summed E-state index contributed by atoms with van der Waals surface area (Å²) >= 11 is 0. The van der Waals surface area contributed by atoms with Crippen LogP contribution in [0.4, 0.5) is 5.82 Å². The van der Waals surface area contributed by atoms with Crippen LogP contribution in [0.1, 0.15) is 6.92 Å². The van der Waals surface area contributed by atoms with Gasteiger partial charge in [-0.1, -0.05) is 0 Å². The van der Waals surface area contributed by atoms with Gasteiger partial charge in [0.05, 0.1) is 0 Å². The minimum absolute atomic E-state index is 0.177. The van der Waals surface area contributed by atoms with Gasteiger partial charge in [-0.05, 0) is 6.92 Å². The van der Waals surface area contributed by atoms with Crippen LogP contribution in [0.3, 0.4) is 0 Å². The number of aromatic amines is 1. The molecule has 0 saturated carbocycles. The summed E-state index contributed by atoms with van der Waals surface area (Å²) in [5.41, 5.74) is -0.177. The van der Waals surface area contributed by atoms with E-state index in [1.807, 2.05) is 6.92 Å². The third kappa shape index (κ3) is 1.34. The van der Waals surface area contributed by atoms with Gasteiger partial charge in [0.25, 0.3) is 5.56 Å². The third-order valence-corrected chi connectivity index (χ3v) is 1.05. The van der Waals surface area contributed by atoms with Gasteiger partial charge in [0.2, 0.25) is 0 Å². The van der Waals surface area contributed by atoms with Gasteiger partial charge in [-0.15, -0.1) is 0 Å². The lowest BCUT2D eigenvalue weighted by atomic mass is 10.6. The zero-order valence-electron chi connectivity index (χ0n) is 5.72. The topological polar surface area (TPSA) is 57.8 Å². The molecule has 1 heterocycles. The molecule has 0 aliphatic rings. The Morgan fingerprint density at radius 2 is 2.60 bits per heavy atom. The minimum atomic E-state index is -0.177. The lowest BCUT2D eigenvalue weighted by Crippen LogP contribution is -2.14. The maximum absolute atomic E-state index is 10.8. The van der Waals surface area contributed by atoms with Crippen molar-refractivity contribution in [1.29, 1.82) is 0 Å². The highest BCUT2D eigenvalue weighted by Gasteiger charge is 1.93. The first-order valence-electron chi connectivity index (χ1n) is 3.12. The Bertz CT molecular complexity index is 255. The Morgan fingerprint density at radius 1 is 1.80 bits per heavy atom. The highest BCUT2D eigenvalue weighted by molar-refractivity contribution is 5.29. The second-order valence-electron chi connectivity index (χ2n) is 1.80. The number of rotatable bonds is 2. The van der Waals surface area contributed by atoms with Crippen molar-refractivity contribution >= 4 is 5.82 Å². The van der Waals surface area contributed by atoms with Gasteiger partial charge in [0, 0.05) is 18.9 Å². The van der Waals surface area contributed by atoms with Gasteiger partial charge in [0.15, 0.2) is 5.82 Å². The van der Waals surface area contributed by atoms with E-state index >= 15 is 0 Å². The third-order valence-electron chi connectivity index (χ3n) is 1.05. The van der Waals surface area contributed by atoms with Crippen LogP contribution in [-0.2, 0) is 0 Å². The fourth-order valence-electron chi connectivity index (χ4n) is 0.645. The summed E-state index contributed by atoms with van der Waals surface area (Å²) in [6.07, 6.45) is 3.04. The van der Waals surface area contributed by atoms with Crippen molar-refractivity contribution in [1.82, 2.24) is 9.97 Å². The maximum atomic E-state index is 10.8. The molecular weight excluding hydrogens is 130 g/mol. The van der Waals surface area contributed by atoms with Crippen LogP contribution in [-0.4, -0.2) is 16.5 Å². The maximum Gasteiger partial charge on any atom is 0.290 e. The molecule has 54 valence electrons. The van der Waals surface area contributed by atoms with E-state index in [-0.39, 0.29) is 5.56 Å². The standard InChI is InChI=1S/C6H9N3O/c1-2-7-5-6(10)9-4-3-8-5/h3-4H,2H2,1H3,(H,7,8)(H,9,10). The quantitative estimate of drug-likeness (QED) is 0.615. The number of nitrogens with zero attached hydrogens (tertiary/aromatic N) is 1. The highest BCUT2D eigenvalue weighted by Crippen LogP contribution is 1.86. The van der Waals surface area contributed by atoms with Gasteiger partial charge < -0.3 is 10.3 Å². The Kier molecular flexibility index (Phi) is 2.04. The molecule has 10 heavy (non-hydrogen) atoms. The molecule has 0 aliphatic carbocycles. The molecule has 0 bridgehead atoms. The molecule has 4 heteroatoms. The van der Waals surface area contributed by atoms with E-state index in [0.717, 1.165) is 0 Å². The molecule has 0 spiro atoms. The predicted molar refractivity (Wildman–Crippen MR) is 39.0 cm³/mol. The Balaban J connectivity index is 2.92. The van der Waals surface area contributed by atoms with E-state index in [2.05, 4.69) is 15.3 Å². The van der Waals surface area contributed by atoms with Crippen molar-refractivity contribution in [2.75, 3.05) is 11.9 Å². The molecule has 0 aliphatic heterocycles. The van der Waals surface area contributed by atoms with Crippen LogP contribution >= 0.6 is 0 Å². The molecule has 0 fully saturated rings.